The molecule has 2 aromatic heterocycles. The summed E-state index contributed by atoms with van der Waals surface area (Å²) in [5.74, 6) is 0.0846. The van der Waals surface area contributed by atoms with Crippen LogP contribution in [0.4, 0.5) is 4.39 Å². The number of hydrogen-bond acceptors (Lipinski definition) is 2. The molecule has 3 heteroatoms. The van der Waals surface area contributed by atoms with Crippen LogP contribution in [0, 0.1) is 5.82 Å². The molecule has 2 rings (SSSR count). The Hall–Kier alpha value is -1.77. The molecule has 2 nitrogen and oxygen atoms in total. The Morgan fingerprint density at radius 2 is 1.56 bits per heavy atom. The second-order valence-electron chi connectivity index (χ2n) is 4.05. The minimum atomic E-state index is -0.326. The van der Waals surface area contributed by atoms with Gasteiger partial charge in [-0.05, 0) is 23.6 Å². The van der Waals surface area contributed by atoms with Crippen molar-refractivity contribution in [2.45, 2.75) is 19.8 Å². The average molecular weight is 216 g/mol. The molecule has 0 aliphatic rings. The van der Waals surface area contributed by atoms with Crippen LogP contribution in [0.15, 0.2) is 36.9 Å². The van der Waals surface area contributed by atoms with Gasteiger partial charge in [-0.3, -0.25) is 9.97 Å². The molecular weight excluding hydrogens is 203 g/mol. The number of rotatable bonds is 2. The SMILES string of the molecule is CC(C)c1cncc(-c2cncc(F)c2)c1. The molecule has 82 valence electrons. The van der Waals surface area contributed by atoms with Gasteiger partial charge in [0.2, 0.25) is 0 Å². The molecule has 2 heterocycles. The summed E-state index contributed by atoms with van der Waals surface area (Å²) >= 11 is 0. The van der Waals surface area contributed by atoms with Crippen LogP contribution in [0.25, 0.3) is 11.1 Å². The molecule has 0 N–H and O–H groups in total. The Balaban J connectivity index is 2.44. The first-order valence-corrected chi connectivity index (χ1v) is 5.22. The highest BCUT2D eigenvalue weighted by molar-refractivity contribution is 5.62. The zero-order chi connectivity index (χ0) is 11.5. The van der Waals surface area contributed by atoms with Crippen LogP contribution in [0.3, 0.4) is 0 Å². The highest BCUT2D eigenvalue weighted by atomic mass is 19.1. The predicted molar refractivity (Wildman–Crippen MR) is 61.5 cm³/mol. The Morgan fingerprint density at radius 1 is 0.938 bits per heavy atom. The molecule has 0 fully saturated rings. The summed E-state index contributed by atoms with van der Waals surface area (Å²) in [6.45, 7) is 4.20. The summed E-state index contributed by atoms with van der Waals surface area (Å²) in [4.78, 5) is 7.99. The zero-order valence-corrected chi connectivity index (χ0v) is 9.31. The Kier molecular flexibility index (Phi) is 2.95. The molecule has 0 radical (unpaired) electrons. The molecular formula is C13H13FN2. The van der Waals surface area contributed by atoms with E-state index >= 15 is 0 Å². The van der Waals surface area contributed by atoms with E-state index in [0.717, 1.165) is 16.7 Å². The fourth-order valence-corrected chi connectivity index (χ4v) is 1.50. The summed E-state index contributed by atoms with van der Waals surface area (Å²) < 4.78 is 13.0. The molecule has 0 bridgehead atoms. The maximum atomic E-state index is 13.0. The van der Waals surface area contributed by atoms with Crippen molar-refractivity contribution in [3.8, 4) is 11.1 Å². The summed E-state index contributed by atoms with van der Waals surface area (Å²) in [7, 11) is 0. The van der Waals surface area contributed by atoms with E-state index in [2.05, 4.69) is 23.8 Å². The lowest BCUT2D eigenvalue weighted by atomic mass is 10.0. The van der Waals surface area contributed by atoms with E-state index in [4.69, 9.17) is 0 Å². The number of aromatic nitrogens is 2. The van der Waals surface area contributed by atoms with Gasteiger partial charge >= 0.3 is 0 Å². The largest absolute Gasteiger partial charge is 0.264 e. The summed E-state index contributed by atoms with van der Waals surface area (Å²) in [5, 5.41) is 0. The zero-order valence-electron chi connectivity index (χ0n) is 9.31. The highest BCUT2D eigenvalue weighted by Gasteiger charge is 2.04. The first kappa shape index (κ1) is 10.7. The average Bonchev–Trinajstić information content (AvgIpc) is 2.29. The van der Waals surface area contributed by atoms with Gasteiger partial charge in [-0.2, -0.15) is 0 Å². The third kappa shape index (κ3) is 2.24. The van der Waals surface area contributed by atoms with E-state index < -0.39 is 0 Å². The quantitative estimate of drug-likeness (QED) is 0.768. The van der Waals surface area contributed by atoms with Gasteiger partial charge in [-0.1, -0.05) is 13.8 Å². The maximum absolute atomic E-state index is 13.0. The van der Waals surface area contributed by atoms with Crippen LogP contribution in [0.5, 0.6) is 0 Å². The summed E-state index contributed by atoms with van der Waals surface area (Å²) in [5.41, 5.74) is 2.80. The minimum absolute atomic E-state index is 0.326. The number of hydrogen-bond donors (Lipinski definition) is 0. The van der Waals surface area contributed by atoms with Crippen molar-refractivity contribution in [1.82, 2.24) is 9.97 Å². The van der Waals surface area contributed by atoms with Crippen LogP contribution in [0.1, 0.15) is 25.3 Å². The van der Waals surface area contributed by atoms with Crippen LogP contribution in [0.2, 0.25) is 0 Å². The normalized spacial score (nSPS) is 10.8. The van der Waals surface area contributed by atoms with Crippen LogP contribution < -0.4 is 0 Å². The molecule has 0 spiro atoms. The fraction of sp³-hybridized carbons (Fsp3) is 0.231. The molecule has 0 aliphatic carbocycles. The topological polar surface area (TPSA) is 25.8 Å². The second kappa shape index (κ2) is 4.39. The van der Waals surface area contributed by atoms with Gasteiger partial charge in [0.05, 0.1) is 6.20 Å². The molecule has 0 aromatic carbocycles. The summed E-state index contributed by atoms with van der Waals surface area (Å²) in [6.07, 6.45) is 6.40. The molecule has 2 aromatic rings. The lowest BCUT2D eigenvalue weighted by Crippen LogP contribution is -1.91. The van der Waals surface area contributed by atoms with E-state index in [-0.39, 0.29) is 5.82 Å². The lowest BCUT2D eigenvalue weighted by Gasteiger charge is -2.07. The first-order chi connectivity index (χ1) is 7.66. The lowest BCUT2D eigenvalue weighted by molar-refractivity contribution is 0.622. The van der Waals surface area contributed by atoms with Crippen molar-refractivity contribution in [1.29, 1.82) is 0 Å². The second-order valence-corrected chi connectivity index (χ2v) is 4.05. The van der Waals surface area contributed by atoms with Gasteiger partial charge in [0.1, 0.15) is 5.82 Å². The Labute approximate surface area is 94.2 Å². The van der Waals surface area contributed by atoms with Crippen molar-refractivity contribution < 1.29 is 4.39 Å². The van der Waals surface area contributed by atoms with E-state index in [1.165, 1.54) is 12.3 Å². The van der Waals surface area contributed by atoms with Gasteiger partial charge in [-0.15, -0.1) is 0 Å². The minimum Gasteiger partial charge on any atom is -0.264 e. The van der Waals surface area contributed by atoms with Gasteiger partial charge in [0.25, 0.3) is 0 Å². The van der Waals surface area contributed by atoms with E-state index in [1.54, 1.807) is 12.4 Å². The Morgan fingerprint density at radius 3 is 2.19 bits per heavy atom. The van der Waals surface area contributed by atoms with Crippen molar-refractivity contribution in [3.05, 3.63) is 48.3 Å². The van der Waals surface area contributed by atoms with E-state index in [1.807, 2.05) is 12.3 Å². The molecule has 0 amide bonds. The smallest absolute Gasteiger partial charge is 0.142 e. The molecule has 0 unspecified atom stereocenters. The standard InChI is InChI=1S/C13H13FN2/c1-9(2)10-3-11(6-15-5-10)12-4-13(14)8-16-7-12/h3-9H,1-2H3. The van der Waals surface area contributed by atoms with Gasteiger partial charge in [-0.25, -0.2) is 4.39 Å². The van der Waals surface area contributed by atoms with Crippen LogP contribution >= 0.6 is 0 Å². The Bertz CT molecular complexity index is 495. The number of pyridine rings is 2. The fourth-order valence-electron chi connectivity index (χ4n) is 1.50. The monoisotopic (exact) mass is 216 g/mol. The van der Waals surface area contributed by atoms with Crippen molar-refractivity contribution >= 4 is 0 Å². The van der Waals surface area contributed by atoms with E-state index in [9.17, 15) is 4.39 Å². The van der Waals surface area contributed by atoms with Crippen LogP contribution in [-0.2, 0) is 0 Å². The molecule has 0 aliphatic heterocycles. The maximum Gasteiger partial charge on any atom is 0.142 e. The molecule has 0 saturated carbocycles. The number of nitrogens with zero attached hydrogens (tertiary/aromatic N) is 2. The molecule has 16 heavy (non-hydrogen) atoms. The van der Waals surface area contributed by atoms with Crippen LogP contribution in [-0.4, -0.2) is 9.97 Å². The third-order valence-corrected chi connectivity index (χ3v) is 2.46. The molecule has 0 atom stereocenters. The highest BCUT2D eigenvalue weighted by Crippen LogP contribution is 2.22. The first-order valence-electron chi connectivity index (χ1n) is 5.22. The molecule has 0 saturated heterocycles. The van der Waals surface area contributed by atoms with E-state index in [0.29, 0.717) is 5.92 Å². The van der Waals surface area contributed by atoms with Crippen molar-refractivity contribution in [3.63, 3.8) is 0 Å². The number of halogens is 1. The van der Waals surface area contributed by atoms with Crippen molar-refractivity contribution in [2.24, 2.45) is 0 Å². The third-order valence-electron chi connectivity index (χ3n) is 2.46. The summed E-state index contributed by atoms with van der Waals surface area (Å²) in [6, 6.07) is 3.49. The van der Waals surface area contributed by atoms with Crippen molar-refractivity contribution in [2.75, 3.05) is 0 Å². The van der Waals surface area contributed by atoms with Gasteiger partial charge in [0, 0.05) is 29.7 Å². The van der Waals surface area contributed by atoms with Gasteiger partial charge < -0.3 is 0 Å². The van der Waals surface area contributed by atoms with Gasteiger partial charge in [0.15, 0.2) is 0 Å². The predicted octanol–water partition coefficient (Wildman–Crippen LogP) is 3.41.